The van der Waals surface area contributed by atoms with E-state index in [1.54, 1.807) is 0 Å². The molecule has 1 unspecified atom stereocenters. The summed E-state index contributed by atoms with van der Waals surface area (Å²) in [6.07, 6.45) is 72.8. The fraction of sp³-hybridized carbons (Fsp3) is 0.862. The van der Waals surface area contributed by atoms with Gasteiger partial charge >= 0.3 is 17.9 Å². The van der Waals surface area contributed by atoms with E-state index in [1.807, 2.05) is 0 Å². The first-order valence-corrected chi connectivity index (χ1v) is 31.5. The van der Waals surface area contributed by atoms with Crippen molar-refractivity contribution in [1.29, 1.82) is 0 Å². The Balaban J connectivity index is 4.34. The largest absolute Gasteiger partial charge is 0.462 e. The minimum atomic E-state index is -0.774. The van der Waals surface area contributed by atoms with Crippen molar-refractivity contribution in [3.05, 3.63) is 36.5 Å². The molecule has 0 aliphatic carbocycles. The molecule has 0 aliphatic rings. The number of hydrogen-bond acceptors (Lipinski definition) is 6. The molecule has 416 valence electrons. The van der Waals surface area contributed by atoms with Gasteiger partial charge in [0.25, 0.3) is 0 Å². The first-order chi connectivity index (χ1) is 35.0. The molecule has 0 aliphatic heterocycles. The van der Waals surface area contributed by atoms with E-state index < -0.39 is 6.10 Å². The fourth-order valence-electron chi connectivity index (χ4n) is 9.35. The number of rotatable bonds is 58. The second-order valence-corrected chi connectivity index (χ2v) is 21.3. The Morgan fingerprint density at radius 1 is 0.282 bits per heavy atom. The lowest BCUT2D eigenvalue weighted by Gasteiger charge is -2.18. The van der Waals surface area contributed by atoms with Crippen molar-refractivity contribution in [3.8, 4) is 0 Å². The molecule has 6 nitrogen and oxygen atoms in total. The van der Waals surface area contributed by atoms with Crippen LogP contribution >= 0.6 is 0 Å². The predicted molar refractivity (Wildman–Crippen MR) is 307 cm³/mol. The van der Waals surface area contributed by atoms with Crippen molar-refractivity contribution in [2.75, 3.05) is 13.2 Å². The van der Waals surface area contributed by atoms with E-state index in [9.17, 15) is 14.4 Å². The molecule has 0 N–H and O–H groups in total. The number of carbonyl (C=O) groups excluding carboxylic acids is 3. The highest BCUT2D eigenvalue weighted by Gasteiger charge is 2.19. The lowest BCUT2D eigenvalue weighted by molar-refractivity contribution is -0.167. The predicted octanol–water partition coefficient (Wildman–Crippen LogP) is 21.2. The standard InChI is InChI=1S/C65H120O6/c1-4-7-10-13-16-19-22-25-28-31-32-35-37-40-43-46-49-52-55-58-64(67)70-61-62(71-65(68)59-56-53-50-47-44-41-38-34-30-27-24-21-18-15-12-9-6-3)60-69-63(66)57-54-51-48-45-42-39-36-33-29-26-23-20-17-14-11-8-5-2/h16,19,25,27-28,30,62H,4-15,17-18,20-24,26,29,31-61H2,1-3H3/b19-16-,28-25-,30-27-. The summed E-state index contributed by atoms with van der Waals surface area (Å²) in [5.74, 6) is -0.856. The van der Waals surface area contributed by atoms with Gasteiger partial charge in [0, 0.05) is 19.3 Å². The number of allylic oxidation sites excluding steroid dienone is 6. The van der Waals surface area contributed by atoms with Crippen LogP contribution in [0.25, 0.3) is 0 Å². The minimum Gasteiger partial charge on any atom is -0.462 e. The van der Waals surface area contributed by atoms with Crippen LogP contribution in [-0.2, 0) is 28.6 Å². The van der Waals surface area contributed by atoms with E-state index in [2.05, 4.69) is 57.2 Å². The minimum absolute atomic E-state index is 0.0708. The molecule has 0 spiro atoms. The van der Waals surface area contributed by atoms with Gasteiger partial charge in [0.1, 0.15) is 13.2 Å². The number of hydrogen-bond donors (Lipinski definition) is 0. The van der Waals surface area contributed by atoms with Crippen LogP contribution in [0.15, 0.2) is 36.5 Å². The quantitative estimate of drug-likeness (QED) is 0.0261. The zero-order valence-corrected chi connectivity index (χ0v) is 47.8. The summed E-state index contributed by atoms with van der Waals surface area (Å²) in [6, 6.07) is 0. The normalized spacial score (nSPS) is 12.2. The molecule has 0 aromatic rings. The van der Waals surface area contributed by atoms with Gasteiger partial charge in [-0.25, -0.2) is 0 Å². The van der Waals surface area contributed by atoms with Crippen molar-refractivity contribution in [1.82, 2.24) is 0 Å². The zero-order chi connectivity index (χ0) is 51.4. The Morgan fingerprint density at radius 3 is 0.817 bits per heavy atom. The Labute approximate surface area is 442 Å². The molecular formula is C65H120O6. The average Bonchev–Trinajstić information content (AvgIpc) is 3.37. The molecule has 0 saturated heterocycles. The lowest BCUT2D eigenvalue weighted by Crippen LogP contribution is -2.30. The van der Waals surface area contributed by atoms with E-state index in [4.69, 9.17) is 14.2 Å². The van der Waals surface area contributed by atoms with Gasteiger partial charge in [0.2, 0.25) is 0 Å². The van der Waals surface area contributed by atoms with Gasteiger partial charge in [0.15, 0.2) is 6.10 Å². The maximum absolute atomic E-state index is 12.9. The Bertz CT molecular complexity index is 1190. The topological polar surface area (TPSA) is 78.9 Å². The zero-order valence-electron chi connectivity index (χ0n) is 47.8. The van der Waals surface area contributed by atoms with Crippen molar-refractivity contribution in [3.63, 3.8) is 0 Å². The van der Waals surface area contributed by atoms with Gasteiger partial charge in [-0.15, -0.1) is 0 Å². The molecule has 0 saturated carbocycles. The number of unbranched alkanes of at least 4 members (excludes halogenated alkanes) is 41. The summed E-state index contributed by atoms with van der Waals surface area (Å²) in [5.41, 5.74) is 0. The van der Waals surface area contributed by atoms with Gasteiger partial charge < -0.3 is 14.2 Å². The summed E-state index contributed by atoms with van der Waals surface area (Å²) in [4.78, 5) is 38.3. The van der Waals surface area contributed by atoms with Crippen molar-refractivity contribution < 1.29 is 28.6 Å². The van der Waals surface area contributed by atoms with E-state index in [1.165, 1.54) is 238 Å². The first-order valence-electron chi connectivity index (χ1n) is 31.5. The number of esters is 3. The molecule has 0 aromatic heterocycles. The van der Waals surface area contributed by atoms with E-state index in [0.29, 0.717) is 19.3 Å². The van der Waals surface area contributed by atoms with Crippen LogP contribution in [-0.4, -0.2) is 37.2 Å². The van der Waals surface area contributed by atoms with E-state index in [0.717, 1.165) is 64.2 Å². The van der Waals surface area contributed by atoms with Gasteiger partial charge in [0.05, 0.1) is 0 Å². The number of ether oxygens (including phenoxy) is 3. The average molecular weight is 998 g/mol. The lowest BCUT2D eigenvalue weighted by atomic mass is 10.0. The van der Waals surface area contributed by atoms with Gasteiger partial charge in [-0.2, -0.15) is 0 Å². The highest BCUT2D eigenvalue weighted by atomic mass is 16.6. The summed E-state index contributed by atoms with van der Waals surface area (Å²) >= 11 is 0. The third kappa shape index (κ3) is 58.4. The van der Waals surface area contributed by atoms with Crippen LogP contribution in [0.2, 0.25) is 0 Å². The van der Waals surface area contributed by atoms with Crippen LogP contribution in [0.1, 0.15) is 342 Å². The summed E-state index contributed by atoms with van der Waals surface area (Å²) < 4.78 is 16.9. The Hall–Kier alpha value is -2.37. The molecule has 0 rings (SSSR count). The molecular weight excluding hydrogens is 877 g/mol. The first kappa shape index (κ1) is 68.6. The molecule has 0 fully saturated rings. The van der Waals surface area contributed by atoms with E-state index in [-0.39, 0.29) is 31.1 Å². The fourth-order valence-corrected chi connectivity index (χ4v) is 9.35. The monoisotopic (exact) mass is 997 g/mol. The molecule has 0 bridgehead atoms. The van der Waals surface area contributed by atoms with E-state index >= 15 is 0 Å². The van der Waals surface area contributed by atoms with Gasteiger partial charge in [-0.1, -0.05) is 282 Å². The van der Waals surface area contributed by atoms with Crippen molar-refractivity contribution in [2.45, 2.75) is 348 Å². The molecule has 6 heteroatoms. The maximum atomic E-state index is 12.9. The van der Waals surface area contributed by atoms with Crippen molar-refractivity contribution >= 4 is 17.9 Å². The summed E-state index contributed by atoms with van der Waals surface area (Å²) in [7, 11) is 0. The smallest absolute Gasteiger partial charge is 0.306 e. The molecule has 0 heterocycles. The highest BCUT2D eigenvalue weighted by molar-refractivity contribution is 5.71. The van der Waals surface area contributed by atoms with Gasteiger partial charge in [-0.3, -0.25) is 14.4 Å². The third-order valence-corrected chi connectivity index (χ3v) is 14.1. The second kappa shape index (κ2) is 60.2. The third-order valence-electron chi connectivity index (χ3n) is 14.1. The molecule has 71 heavy (non-hydrogen) atoms. The van der Waals surface area contributed by atoms with Crippen LogP contribution in [0.3, 0.4) is 0 Å². The van der Waals surface area contributed by atoms with Gasteiger partial charge in [-0.05, 0) is 77.0 Å². The Kier molecular flexibility index (Phi) is 58.2. The Morgan fingerprint density at radius 2 is 0.507 bits per heavy atom. The molecule has 0 amide bonds. The van der Waals surface area contributed by atoms with Crippen LogP contribution in [0, 0.1) is 0 Å². The highest BCUT2D eigenvalue weighted by Crippen LogP contribution is 2.17. The van der Waals surface area contributed by atoms with Crippen LogP contribution in [0.5, 0.6) is 0 Å². The second-order valence-electron chi connectivity index (χ2n) is 21.3. The molecule has 0 aromatic carbocycles. The van der Waals surface area contributed by atoms with Crippen LogP contribution < -0.4 is 0 Å². The van der Waals surface area contributed by atoms with Crippen molar-refractivity contribution in [2.24, 2.45) is 0 Å². The molecule has 0 radical (unpaired) electrons. The van der Waals surface area contributed by atoms with Crippen LogP contribution in [0.4, 0.5) is 0 Å². The molecule has 1 atom stereocenters. The maximum Gasteiger partial charge on any atom is 0.306 e. The number of carbonyl (C=O) groups is 3. The summed E-state index contributed by atoms with van der Waals surface area (Å²) in [5, 5.41) is 0. The SMILES string of the molecule is CCCCC/C=C\C/C=C\CCCCCCCCCCCC(=O)OCC(COC(=O)CCCCCCCCCCCCCCCCCCC)OC(=O)CCCCCCCCC/C=C\CCCCCCCC. The summed E-state index contributed by atoms with van der Waals surface area (Å²) in [6.45, 7) is 6.66.